The van der Waals surface area contributed by atoms with Gasteiger partial charge in [0.1, 0.15) is 5.82 Å². The van der Waals surface area contributed by atoms with E-state index in [1.165, 1.54) is 0 Å². The van der Waals surface area contributed by atoms with Crippen molar-refractivity contribution in [3.63, 3.8) is 0 Å². The Bertz CT molecular complexity index is 1240. The molecule has 0 saturated carbocycles. The minimum Gasteiger partial charge on any atom is -0.478 e. The minimum atomic E-state index is -0.936. The summed E-state index contributed by atoms with van der Waals surface area (Å²) in [5.74, 6) is 3.26. The summed E-state index contributed by atoms with van der Waals surface area (Å²) >= 11 is 0. The van der Waals surface area contributed by atoms with Crippen molar-refractivity contribution in [3.05, 3.63) is 95.8 Å². The van der Waals surface area contributed by atoms with Crippen LogP contribution in [-0.4, -0.2) is 25.8 Å². The van der Waals surface area contributed by atoms with Crippen molar-refractivity contribution in [1.82, 2.24) is 14.8 Å². The van der Waals surface area contributed by atoms with E-state index in [0.29, 0.717) is 30.8 Å². The Kier molecular flexibility index (Phi) is 5.91. The standard InChI is InChI=1S/C26H21N3O2/c1-2-3-13-24-27-25(21-9-5-4-6-10-21)28-29(24)18-19-14-16-20(17-15-19)22-11-7-8-12-23(22)26(30)31/h1,4-12,14-17H,3,13,18H2,(H,30,31). The smallest absolute Gasteiger partial charge is 0.336 e. The van der Waals surface area contributed by atoms with Gasteiger partial charge in [0.2, 0.25) is 0 Å². The minimum absolute atomic E-state index is 0.288. The second-order valence-corrected chi connectivity index (χ2v) is 7.13. The predicted octanol–water partition coefficient (Wildman–Crippen LogP) is 4.92. The topological polar surface area (TPSA) is 68.0 Å². The number of aromatic nitrogens is 3. The van der Waals surface area contributed by atoms with Gasteiger partial charge in [0.15, 0.2) is 5.82 Å². The predicted molar refractivity (Wildman–Crippen MR) is 121 cm³/mol. The Morgan fingerprint density at radius 1 is 0.935 bits per heavy atom. The lowest BCUT2D eigenvalue weighted by Crippen LogP contribution is -2.07. The first-order valence-corrected chi connectivity index (χ1v) is 10.00. The number of rotatable bonds is 7. The molecule has 152 valence electrons. The van der Waals surface area contributed by atoms with Crippen LogP contribution in [0.5, 0.6) is 0 Å². The normalized spacial score (nSPS) is 10.5. The highest BCUT2D eigenvalue weighted by Crippen LogP contribution is 2.25. The van der Waals surface area contributed by atoms with Crippen molar-refractivity contribution in [3.8, 4) is 34.9 Å². The van der Waals surface area contributed by atoms with Crippen molar-refractivity contribution >= 4 is 5.97 Å². The van der Waals surface area contributed by atoms with E-state index in [4.69, 9.17) is 16.5 Å². The summed E-state index contributed by atoms with van der Waals surface area (Å²) in [5.41, 5.74) is 3.85. The lowest BCUT2D eigenvalue weighted by molar-refractivity contribution is 0.0697. The Labute approximate surface area is 181 Å². The second-order valence-electron chi connectivity index (χ2n) is 7.13. The van der Waals surface area contributed by atoms with Crippen LogP contribution >= 0.6 is 0 Å². The fourth-order valence-electron chi connectivity index (χ4n) is 3.46. The molecule has 0 fully saturated rings. The molecule has 4 rings (SSSR count). The van der Waals surface area contributed by atoms with Gasteiger partial charge in [0.05, 0.1) is 12.1 Å². The molecule has 5 nitrogen and oxygen atoms in total. The molecule has 0 aliphatic rings. The van der Waals surface area contributed by atoms with E-state index in [1.54, 1.807) is 12.1 Å². The zero-order valence-corrected chi connectivity index (χ0v) is 16.9. The molecule has 0 unspecified atom stereocenters. The highest BCUT2D eigenvalue weighted by atomic mass is 16.4. The van der Waals surface area contributed by atoms with E-state index in [0.717, 1.165) is 22.5 Å². The van der Waals surface area contributed by atoms with Crippen LogP contribution < -0.4 is 0 Å². The van der Waals surface area contributed by atoms with Crippen molar-refractivity contribution in [2.45, 2.75) is 19.4 Å². The maximum atomic E-state index is 11.5. The van der Waals surface area contributed by atoms with Crippen LogP contribution in [0.25, 0.3) is 22.5 Å². The molecule has 0 atom stereocenters. The summed E-state index contributed by atoms with van der Waals surface area (Å²) in [6.45, 7) is 0.556. The van der Waals surface area contributed by atoms with Crippen LogP contribution in [0.4, 0.5) is 0 Å². The van der Waals surface area contributed by atoms with Crippen LogP contribution in [0, 0.1) is 12.3 Å². The number of aryl methyl sites for hydroxylation is 1. The van der Waals surface area contributed by atoms with Gasteiger partial charge in [-0.3, -0.25) is 0 Å². The molecule has 31 heavy (non-hydrogen) atoms. The molecular weight excluding hydrogens is 386 g/mol. The van der Waals surface area contributed by atoms with Gasteiger partial charge in [-0.25, -0.2) is 14.5 Å². The van der Waals surface area contributed by atoms with E-state index >= 15 is 0 Å². The van der Waals surface area contributed by atoms with Gasteiger partial charge >= 0.3 is 5.97 Å². The van der Waals surface area contributed by atoms with Crippen LogP contribution in [0.2, 0.25) is 0 Å². The molecule has 0 bridgehead atoms. The first kappa shape index (κ1) is 20.1. The van der Waals surface area contributed by atoms with Crippen molar-refractivity contribution in [2.24, 2.45) is 0 Å². The summed E-state index contributed by atoms with van der Waals surface area (Å²) in [6.07, 6.45) is 6.70. The van der Waals surface area contributed by atoms with Gasteiger partial charge in [-0.05, 0) is 22.8 Å². The Hall–Kier alpha value is -4.17. The van der Waals surface area contributed by atoms with Crippen LogP contribution in [0.3, 0.4) is 0 Å². The number of aromatic carboxylic acids is 1. The van der Waals surface area contributed by atoms with Crippen LogP contribution in [0.1, 0.15) is 28.2 Å². The molecule has 4 aromatic rings. The number of hydrogen-bond acceptors (Lipinski definition) is 3. The SMILES string of the molecule is C#CCCc1nc(-c2ccccc2)nn1Cc1ccc(-c2ccccc2C(=O)O)cc1. The zero-order chi connectivity index (χ0) is 21.6. The lowest BCUT2D eigenvalue weighted by Gasteiger charge is -2.09. The Balaban J connectivity index is 1.61. The van der Waals surface area contributed by atoms with Crippen molar-refractivity contribution in [2.75, 3.05) is 0 Å². The summed E-state index contributed by atoms with van der Waals surface area (Å²) in [7, 11) is 0. The monoisotopic (exact) mass is 407 g/mol. The van der Waals surface area contributed by atoms with E-state index in [2.05, 4.69) is 5.92 Å². The number of terminal acetylenes is 1. The molecule has 0 amide bonds. The van der Waals surface area contributed by atoms with Crippen molar-refractivity contribution < 1.29 is 9.90 Å². The molecule has 0 aliphatic carbocycles. The van der Waals surface area contributed by atoms with Gasteiger partial charge in [-0.1, -0.05) is 72.8 Å². The fourth-order valence-corrected chi connectivity index (χ4v) is 3.46. The van der Waals surface area contributed by atoms with Crippen LogP contribution in [0.15, 0.2) is 78.9 Å². The van der Waals surface area contributed by atoms with Gasteiger partial charge in [-0.2, -0.15) is 5.10 Å². The quantitative estimate of drug-likeness (QED) is 0.441. The maximum absolute atomic E-state index is 11.5. The number of carbonyl (C=O) groups is 1. The molecule has 1 aromatic heterocycles. The van der Waals surface area contributed by atoms with E-state index < -0.39 is 5.97 Å². The third-order valence-electron chi connectivity index (χ3n) is 5.03. The van der Waals surface area contributed by atoms with E-state index in [9.17, 15) is 9.90 Å². The average molecular weight is 407 g/mol. The maximum Gasteiger partial charge on any atom is 0.336 e. The molecule has 3 aromatic carbocycles. The number of nitrogens with zero attached hydrogens (tertiary/aromatic N) is 3. The summed E-state index contributed by atoms with van der Waals surface area (Å²) in [5, 5.41) is 14.1. The third-order valence-corrected chi connectivity index (χ3v) is 5.03. The van der Waals surface area contributed by atoms with E-state index in [1.807, 2.05) is 71.4 Å². The molecule has 1 N–H and O–H groups in total. The largest absolute Gasteiger partial charge is 0.478 e. The highest BCUT2D eigenvalue weighted by Gasteiger charge is 2.13. The summed E-state index contributed by atoms with van der Waals surface area (Å²) in [6, 6.07) is 24.7. The molecular formula is C26H21N3O2. The number of carboxylic acids is 1. The zero-order valence-electron chi connectivity index (χ0n) is 16.9. The van der Waals surface area contributed by atoms with Crippen LogP contribution in [-0.2, 0) is 13.0 Å². The molecule has 0 aliphatic heterocycles. The second kappa shape index (κ2) is 9.10. The van der Waals surface area contributed by atoms with Gasteiger partial charge in [0, 0.05) is 18.4 Å². The van der Waals surface area contributed by atoms with Gasteiger partial charge < -0.3 is 5.11 Å². The Morgan fingerprint density at radius 2 is 1.65 bits per heavy atom. The average Bonchev–Trinajstić information content (AvgIpc) is 3.21. The highest BCUT2D eigenvalue weighted by molar-refractivity contribution is 5.95. The Morgan fingerprint density at radius 3 is 2.35 bits per heavy atom. The molecule has 5 heteroatoms. The molecule has 1 heterocycles. The van der Waals surface area contributed by atoms with Gasteiger partial charge in [-0.15, -0.1) is 12.3 Å². The fraction of sp³-hybridized carbons (Fsp3) is 0.115. The third kappa shape index (κ3) is 4.54. The number of benzene rings is 3. The van der Waals surface area contributed by atoms with Gasteiger partial charge in [0.25, 0.3) is 0 Å². The first-order valence-electron chi connectivity index (χ1n) is 10.00. The van der Waals surface area contributed by atoms with Crippen molar-refractivity contribution in [1.29, 1.82) is 0 Å². The first-order chi connectivity index (χ1) is 15.2. The number of hydrogen-bond donors (Lipinski definition) is 1. The molecule has 0 spiro atoms. The molecule has 0 saturated heterocycles. The molecule has 0 radical (unpaired) electrons. The summed E-state index contributed by atoms with van der Waals surface area (Å²) in [4.78, 5) is 16.2. The number of carboxylic acid groups (broad SMARTS) is 1. The summed E-state index contributed by atoms with van der Waals surface area (Å²) < 4.78 is 1.89. The lowest BCUT2D eigenvalue weighted by atomic mass is 9.99. The van der Waals surface area contributed by atoms with E-state index in [-0.39, 0.29) is 5.56 Å².